The Kier molecular flexibility index (Phi) is 4.66. The van der Waals surface area contributed by atoms with Crippen molar-refractivity contribution in [1.29, 1.82) is 0 Å². The van der Waals surface area contributed by atoms with Crippen LogP contribution in [0, 0.1) is 0 Å². The standard InChI is InChI=1S/C21H18O5S/c1-27(24)17-7-5-13(6-8-17)21(23)25-12-16-11-20(22)26-19-10-15-4-2-3-14(15)9-18(16)19/h5-11H,2-4,12H2,1H3. The predicted molar refractivity (Wildman–Crippen MR) is 102 cm³/mol. The van der Waals surface area contributed by atoms with E-state index in [0.717, 1.165) is 24.6 Å². The summed E-state index contributed by atoms with van der Waals surface area (Å²) in [6.45, 7) is -0.0127. The van der Waals surface area contributed by atoms with Gasteiger partial charge in [-0.25, -0.2) is 9.59 Å². The highest BCUT2D eigenvalue weighted by Crippen LogP contribution is 2.28. The minimum Gasteiger partial charge on any atom is -0.457 e. The van der Waals surface area contributed by atoms with Gasteiger partial charge in [-0.15, -0.1) is 0 Å². The molecule has 6 heteroatoms. The molecule has 138 valence electrons. The summed E-state index contributed by atoms with van der Waals surface area (Å²) in [5.74, 6) is -0.494. The van der Waals surface area contributed by atoms with Gasteiger partial charge in [0.15, 0.2) is 0 Å². The number of rotatable bonds is 4. The van der Waals surface area contributed by atoms with Crippen molar-refractivity contribution in [1.82, 2.24) is 0 Å². The first-order valence-corrected chi connectivity index (χ1v) is 10.3. The summed E-state index contributed by atoms with van der Waals surface area (Å²) < 4.78 is 22.2. The molecule has 2 aromatic carbocycles. The second-order valence-electron chi connectivity index (χ2n) is 6.62. The lowest BCUT2D eigenvalue weighted by molar-refractivity contribution is 0.0473. The third-order valence-corrected chi connectivity index (χ3v) is 5.76. The van der Waals surface area contributed by atoms with E-state index in [1.165, 1.54) is 17.2 Å². The van der Waals surface area contributed by atoms with E-state index in [4.69, 9.17) is 9.15 Å². The molecule has 0 N–H and O–H groups in total. The second kappa shape index (κ2) is 7.12. The molecule has 0 saturated heterocycles. The fourth-order valence-corrected chi connectivity index (χ4v) is 3.94. The summed E-state index contributed by atoms with van der Waals surface area (Å²) in [6.07, 6.45) is 4.68. The topological polar surface area (TPSA) is 73.6 Å². The molecule has 1 aliphatic carbocycles. The van der Waals surface area contributed by atoms with Crippen LogP contribution in [0.2, 0.25) is 0 Å². The summed E-state index contributed by atoms with van der Waals surface area (Å²) in [6, 6.07) is 11.8. The zero-order valence-corrected chi connectivity index (χ0v) is 15.6. The van der Waals surface area contributed by atoms with Gasteiger partial charge in [-0.3, -0.25) is 4.21 Å². The van der Waals surface area contributed by atoms with Crippen molar-refractivity contribution in [2.45, 2.75) is 30.8 Å². The third-order valence-electron chi connectivity index (χ3n) is 4.82. The summed E-state index contributed by atoms with van der Waals surface area (Å²) in [7, 11) is -1.10. The van der Waals surface area contributed by atoms with Gasteiger partial charge < -0.3 is 9.15 Å². The SMILES string of the molecule is CS(=O)c1ccc(C(=O)OCc2cc(=O)oc3cc4c(cc23)CCC4)cc1. The zero-order chi connectivity index (χ0) is 19.0. The van der Waals surface area contributed by atoms with Gasteiger partial charge >= 0.3 is 11.6 Å². The first-order valence-electron chi connectivity index (χ1n) is 8.70. The molecule has 1 unspecified atom stereocenters. The lowest BCUT2D eigenvalue weighted by Gasteiger charge is -2.09. The van der Waals surface area contributed by atoms with Crippen LogP contribution in [-0.4, -0.2) is 16.4 Å². The van der Waals surface area contributed by atoms with Gasteiger partial charge in [0.1, 0.15) is 12.2 Å². The van der Waals surface area contributed by atoms with Gasteiger partial charge in [0, 0.05) is 39.0 Å². The number of benzene rings is 2. The molecular weight excluding hydrogens is 364 g/mol. The van der Waals surface area contributed by atoms with E-state index < -0.39 is 22.4 Å². The van der Waals surface area contributed by atoms with Gasteiger partial charge in [-0.2, -0.15) is 0 Å². The lowest BCUT2D eigenvalue weighted by Crippen LogP contribution is -2.08. The summed E-state index contributed by atoms with van der Waals surface area (Å²) in [5, 5.41) is 0.805. The van der Waals surface area contributed by atoms with E-state index in [9.17, 15) is 13.8 Å². The van der Waals surface area contributed by atoms with Crippen molar-refractivity contribution < 1.29 is 18.2 Å². The van der Waals surface area contributed by atoms with Gasteiger partial charge in [0.25, 0.3) is 0 Å². The van der Waals surface area contributed by atoms with E-state index in [-0.39, 0.29) is 6.61 Å². The molecule has 1 aliphatic rings. The molecule has 0 bridgehead atoms. The summed E-state index contributed by atoms with van der Waals surface area (Å²) in [4.78, 5) is 24.8. The minimum atomic E-state index is -1.10. The second-order valence-corrected chi connectivity index (χ2v) is 8.00. The molecule has 0 radical (unpaired) electrons. The molecule has 0 saturated carbocycles. The molecule has 5 nitrogen and oxygen atoms in total. The first-order chi connectivity index (χ1) is 13.0. The van der Waals surface area contributed by atoms with Crippen molar-refractivity contribution >= 4 is 27.7 Å². The van der Waals surface area contributed by atoms with E-state index in [0.29, 0.717) is 21.6 Å². The van der Waals surface area contributed by atoms with E-state index in [1.807, 2.05) is 12.1 Å². The molecule has 4 rings (SSSR count). The Bertz CT molecular complexity index is 1110. The highest BCUT2D eigenvalue weighted by atomic mass is 32.2. The number of carbonyl (C=O) groups is 1. The van der Waals surface area contributed by atoms with Crippen molar-refractivity contribution in [3.05, 3.63) is 75.1 Å². The molecule has 0 fully saturated rings. The van der Waals surface area contributed by atoms with Crippen molar-refractivity contribution in [3.63, 3.8) is 0 Å². The smallest absolute Gasteiger partial charge is 0.338 e. The van der Waals surface area contributed by atoms with Crippen LogP contribution in [0.5, 0.6) is 0 Å². The van der Waals surface area contributed by atoms with Crippen molar-refractivity contribution in [2.24, 2.45) is 0 Å². The maximum atomic E-state index is 12.3. The Morgan fingerprint density at radius 2 is 1.81 bits per heavy atom. The molecule has 3 aromatic rings. The van der Waals surface area contributed by atoms with E-state index >= 15 is 0 Å². The Morgan fingerprint density at radius 3 is 2.52 bits per heavy atom. The maximum Gasteiger partial charge on any atom is 0.338 e. The fraction of sp³-hybridized carbons (Fsp3) is 0.238. The van der Waals surface area contributed by atoms with Crippen LogP contribution in [0.4, 0.5) is 0 Å². The van der Waals surface area contributed by atoms with Crippen LogP contribution in [0.1, 0.15) is 33.5 Å². The average Bonchev–Trinajstić information content (AvgIpc) is 3.11. The van der Waals surface area contributed by atoms with Crippen LogP contribution in [0.15, 0.2) is 56.6 Å². The number of ether oxygens (including phenoxy) is 1. The molecule has 27 heavy (non-hydrogen) atoms. The Balaban J connectivity index is 1.59. The quantitative estimate of drug-likeness (QED) is 0.511. The van der Waals surface area contributed by atoms with Crippen molar-refractivity contribution in [3.8, 4) is 0 Å². The van der Waals surface area contributed by atoms with Crippen LogP contribution in [-0.2, 0) is 35.0 Å². The molecule has 1 atom stereocenters. The molecule has 1 aromatic heterocycles. The number of hydrogen-bond donors (Lipinski definition) is 0. The third kappa shape index (κ3) is 3.57. The normalized spacial score (nSPS) is 14.1. The molecular formula is C21H18O5S. The zero-order valence-electron chi connectivity index (χ0n) is 14.8. The van der Waals surface area contributed by atoms with Crippen LogP contribution in [0.25, 0.3) is 11.0 Å². The highest BCUT2D eigenvalue weighted by Gasteiger charge is 2.16. The van der Waals surface area contributed by atoms with Crippen LogP contribution < -0.4 is 5.63 Å². The minimum absolute atomic E-state index is 0.0127. The molecule has 1 heterocycles. The summed E-state index contributed by atoms with van der Waals surface area (Å²) >= 11 is 0. The van der Waals surface area contributed by atoms with Gasteiger partial charge in [-0.1, -0.05) is 0 Å². The van der Waals surface area contributed by atoms with Crippen molar-refractivity contribution in [2.75, 3.05) is 6.26 Å². The Morgan fingerprint density at radius 1 is 1.11 bits per heavy atom. The Labute approximate surface area is 158 Å². The van der Waals surface area contributed by atoms with E-state index in [2.05, 4.69) is 0 Å². The molecule has 0 amide bonds. The molecule has 0 aliphatic heterocycles. The number of hydrogen-bond acceptors (Lipinski definition) is 5. The number of fused-ring (bicyclic) bond motifs is 2. The lowest BCUT2D eigenvalue weighted by atomic mass is 10.0. The van der Waals surface area contributed by atoms with Crippen LogP contribution in [0.3, 0.4) is 0 Å². The molecule has 0 spiro atoms. The van der Waals surface area contributed by atoms with Gasteiger partial charge in [0.05, 0.1) is 5.56 Å². The first kappa shape index (κ1) is 17.7. The summed E-state index contributed by atoms with van der Waals surface area (Å²) in [5.41, 5.74) is 3.55. The largest absolute Gasteiger partial charge is 0.457 e. The Hall–Kier alpha value is -2.73. The van der Waals surface area contributed by atoms with Gasteiger partial charge in [0.2, 0.25) is 0 Å². The van der Waals surface area contributed by atoms with Crippen LogP contribution >= 0.6 is 0 Å². The monoisotopic (exact) mass is 382 g/mol. The maximum absolute atomic E-state index is 12.3. The van der Waals surface area contributed by atoms with E-state index in [1.54, 1.807) is 30.5 Å². The number of esters is 1. The number of carbonyl (C=O) groups excluding carboxylic acids is 1. The highest BCUT2D eigenvalue weighted by molar-refractivity contribution is 7.84. The average molecular weight is 382 g/mol. The predicted octanol–water partition coefficient (Wildman–Crippen LogP) is 3.38. The number of aryl methyl sites for hydroxylation is 2. The fourth-order valence-electron chi connectivity index (χ4n) is 3.42. The van der Waals surface area contributed by atoms with Gasteiger partial charge in [-0.05, 0) is 66.8 Å².